The molecule has 2 fully saturated rings. The Labute approximate surface area is 183 Å². The molecule has 1 N–H and O–H groups in total. The Hall–Kier alpha value is -2.90. The number of ether oxygens (including phenoxy) is 1. The van der Waals surface area contributed by atoms with Crippen molar-refractivity contribution >= 4 is 17.6 Å². The van der Waals surface area contributed by atoms with E-state index in [1.54, 1.807) is 4.90 Å². The van der Waals surface area contributed by atoms with Crippen molar-refractivity contribution in [2.24, 2.45) is 0 Å². The average Bonchev–Trinajstić information content (AvgIpc) is 2.82. The van der Waals surface area contributed by atoms with Gasteiger partial charge in [-0.3, -0.25) is 9.69 Å². The Morgan fingerprint density at radius 3 is 2.19 bits per heavy atom. The maximum atomic E-state index is 12.9. The molecule has 31 heavy (non-hydrogen) atoms. The lowest BCUT2D eigenvalue weighted by molar-refractivity contribution is -0.134. The van der Waals surface area contributed by atoms with E-state index in [0.717, 1.165) is 30.8 Å². The predicted octanol–water partition coefficient (Wildman–Crippen LogP) is 2.29. The molecule has 0 aromatic heterocycles. The largest absolute Gasteiger partial charge is 0.379 e. The van der Waals surface area contributed by atoms with Crippen molar-refractivity contribution in [2.75, 3.05) is 64.3 Å². The van der Waals surface area contributed by atoms with E-state index < -0.39 is 0 Å². The van der Waals surface area contributed by atoms with Crippen LogP contribution in [0.1, 0.15) is 11.1 Å². The third-order valence-corrected chi connectivity index (χ3v) is 5.88. The summed E-state index contributed by atoms with van der Waals surface area (Å²) in [5, 5.41) is 3.07. The highest BCUT2D eigenvalue weighted by Gasteiger charge is 2.26. The molecule has 0 spiro atoms. The molecule has 2 aliphatic rings. The first-order chi connectivity index (χ1) is 15.2. The standard InChI is InChI=1S/C24H30N4O3/c29-23(19-26-14-16-31-17-15-26)27-10-12-28(13-11-27)24(30)25-22-9-5-4-8-21(22)18-20-6-2-1-3-7-20/h1-9H,10-19H2,(H,25,30). The lowest BCUT2D eigenvalue weighted by Crippen LogP contribution is -2.54. The summed E-state index contributed by atoms with van der Waals surface area (Å²) in [5.41, 5.74) is 3.13. The zero-order chi connectivity index (χ0) is 21.5. The number of hydrogen-bond acceptors (Lipinski definition) is 4. The summed E-state index contributed by atoms with van der Waals surface area (Å²) in [6, 6.07) is 18.0. The zero-order valence-electron chi connectivity index (χ0n) is 17.8. The van der Waals surface area contributed by atoms with E-state index in [1.165, 1.54) is 5.56 Å². The Bertz CT molecular complexity index is 875. The fourth-order valence-corrected chi connectivity index (χ4v) is 4.02. The van der Waals surface area contributed by atoms with E-state index in [-0.39, 0.29) is 11.9 Å². The molecule has 2 aromatic carbocycles. The predicted molar refractivity (Wildman–Crippen MR) is 120 cm³/mol. The number of piperazine rings is 1. The number of carbonyl (C=O) groups excluding carboxylic acids is 2. The average molecular weight is 423 g/mol. The van der Waals surface area contributed by atoms with E-state index >= 15 is 0 Å². The second-order valence-electron chi connectivity index (χ2n) is 8.01. The van der Waals surface area contributed by atoms with Crippen molar-refractivity contribution < 1.29 is 14.3 Å². The summed E-state index contributed by atoms with van der Waals surface area (Å²) < 4.78 is 5.34. The van der Waals surface area contributed by atoms with Gasteiger partial charge in [0, 0.05) is 45.0 Å². The van der Waals surface area contributed by atoms with E-state index in [9.17, 15) is 9.59 Å². The van der Waals surface area contributed by atoms with Gasteiger partial charge in [-0.05, 0) is 23.6 Å². The van der Waals surface area contributed by atoms with Crippen LogP contribution in [0.2, 0.25) is 0 Å². The number of rotatable bonds is 5. The normalized spacial score (nSPS) is 17.4. The first-order valence-electron chi connectivity index (χ1n) is 10.9. The number of urea groups is 1. The first kappa shape index (κ1) is 21.3. The summed E-state index contributed by atoms with van der Waals surface area (Å²) in [6.07, 6.45) is 0.765. The van der Waals surface area contributed by atoms with Crippen molar-refractivity contribution in [1.29, 1.82) is 0 Å². The number of para-hydroxylation sites is 1. The number of carbonyl (C=O) groups is 2. The van der Waals surface area contributed by atoms with Gasteiger partial charge in [0.05, 0.1) is 19.8 Å². The lowest BCUT2D eigenvalue weighted by Gasteiger charge is -2.36. The number of nitrogens with one attached hydrogen (secondary N) is 1. The number of amides is 3. The van der Waals surface area contributed by atoms with E-state index in [0.29, 0.717) is 45.9 Å². The number of anilines is 1. The molecule has 0 saturated carbocycles. The monoisotopic (exact) mass is 422 g/mol. The molecule has 0 aliphatic carbocycles. The van der Waals surface area contributed by atoms with Crippen LogP contribution in [0.3, 0.4) is 0 Å². The van der Waals surface area contributed by atoms with Crippen LogP contribution in [-0.2, 0) is 16.0 Å². The summed E-state index contributed by atoms with van der Waals surface area (Å²) >= 11 is 0. The molecule has 7 heteroatoms. The first-order valence-corrected chi connectivity index (χ1v) is 10.9. The second-order valence-corrected chi connectivity index (χ2v) is 8.01. The van der Waals surface area contributed by atoms with E-state index in [4.69, 9.17) is 4.74 Å². The van der Waals surface area contributed by atoms with Crippen LogP contribution in [0.4, 0.5) is 10.5 Å². The molecule has 0 bridgehead atoms. The third kappa shape index (κ3) is 5.83. The van der Waals surface area contributed by atoms with Crippen molar-refractivity contribution in [2.45, 2.75) is 6.42 Å². The van der Waals surface area contributed by atoms with Gasteiger partial charge in [0.2, 0.25) is 5.91 Å². The Morgan fingerprint density at radius 2 is 1.45 bits per heavy atom. The van der Waals surface area contributed by atoms with Gasteiger partial charge in [-0.25, -0.2) is 4.79 Å². The minimum Gasteiger partial charge on any atom is -0.379 e. The van der Waals surface area contributed by atoms with Gasteiger partial charge < -0.3 is 19.9 Å². The molecule has 3 amide bonds. The highest BCUT2D eigenvalue weighted by Crippen LogP contribution is 2.20. The molecule has 2 saturated heterocycles. The molecule has 2 heterocycles. The fraction of sp³-hybridized carbons (Fsp3) is 0.417. The Balaban J connectivity index is 1.29. The lowest BCUT2D eigenvalue weighted by atomic mass is 10.0. The summed E-state index contributed by atoms with van der Waals surface area (Å²) in [7, 11) is 0. The highest BCUT2D eigenvalue weighted by molar-refractivity contribution is 5.90. The van der Waals surface area contributed by atoms with Crippen molar-refractivity contribution in [1.82, 2.24) is 14.7 Å². The van der Waals surface area contributed by atoms with Crippen LogP contribution in [0.5, 0.6) is 0 Å². The quantitative estimate of drug-likeness (QED) is 0.803. The summed E-state index contributed by atoms with van der Waals surface area (Å²) in [6.45, 7) is 5.64. The van der Waals surface area contributed by atoms with E-state index in [1.807, 2.05) is 47.4 Å². The van der Waals surface area contributed by atoms with Crippen LogP contribution < -0.4 is 5.32 Å². The van der Waals surface area contributed by atoms with Gasteiger partial charge >= 0.3 is 6.03 Å². The SMILES string of the molecule is O=C(CN1CCOCC1)N1CCN(C(=O)Nc2ccccc2Cc2ccccc2)CC1. The minimum absolute atomic E-state index is 0.110. The summed E-state index contributed by atoms with van der Waals surface area (Å²) in [4.78, 5) is 31.2. The van der Waals surface area contributed by atoms with Crippen molar-refractivity contribution in [3.05, 3.63) is 65.7 Å². The molecule has 7 nitrogen and oxygen atoms in total. The molecular formula is C24H30N4O3. The zero-order valence-corrected chi connectivity index (χ0v) is 17.8. The number of hydrogen-bond donors (Lipinski definition) is 1. The van der Waals surface area contributed by atoms with Crippen LogP contribution in [0.25, 0.3) is 0 Å². The van der Waals surface area contributed by atoms with Gasteiger partial charge in [0.1, 0.15) is 0 Å². The van der Waals surface area contributed by atoms with Crippen LogP contribution in [0.15, 0.2) is 54.6 Å². The number of nitrogens with zero attached hydrogens (tertiary/aromatic N) is 3. The fourth-order valence-electron chi connectivity index (χ4n) is 4.02. The molecule has 4 rings (SSSR count). The van der Waals surface area contributed by atoms with E-state index in [2.05, 4.69) is 22.3 Å². The Kier molecular flexibility index (Phi) is 7.17. The topological polar surface area (TPSA) is 65.1 Å². The van der Waals surface area contributed by atoms with Gasteiger partial charge in [0.25, 0.3) is 0 Å². The minimum atomic E-state index is -0.110. The molecule has 0 unspecified atom stereocenters. The third-order valence-electron chi connectivity index (χ3n) is 5.88. The molecule has 164 valence electrons. The van der Waals surface area contributed by atoms with Crippen LogP contribution in [-0.4, -0.2) is 85.7 Å². The summed E-state index contributed by atoms with van der Waals surface area (Å²) in [5.74, 6) is 0.134. The van der Waals surface area contributed by atoms with Gasteiger partial charge in [-0.2, -0.15) is 0 Å². The maximum absolute atomic E-state index is 12.9. The molecule has 0 atom stereocenters. The van der Waals surface area contributed by atoms with Crippen LogP contribution in [0, 0.1) is 0 Å². The van der Waals surface area contributed by atoms with Crippen molar-refractivity contribution in [3.63, 3.8) is 0 Å². The van der Waals surface area contributed by atoms with Gasteiger partial charge in [0.15, 0.2) is 0 Å². The molecule has 2 aliphatic heterocycles. The van der Waals surface area contributed by atoms with Gasteiger partial charge in [-0.15, -0.1) is 0 Å². The smallest absolute Gasteiger partial charge is 0.321 e. The van der Waals surface area contributed by atoms with Gasteiger partial charge in [-0.1, -0.05) is 48.5 Å². The number of benzene rings is 2. The molecule has 2 aromatic rings. The van der Waals surface area contributed by atoms with Crippen molar-refractivity contribution in [3.8, 4) is 0 Å². The molecule has 0 radical (unpaired) electrons. The number of morpholine rings is 1. The second kappa shape index (κ2) is 10.4. The molecular weight excluding hydrogens is 392 g/mol. The maximum Gasteiger partial charge on any atom is 0.321 e. The highest BCUT2D eigenvalue weighted by atomic mass is 16.5. The Morgan fingerprint density at radius 1 is 0.806 bits per heavy atom. The van der Waals surface area contributed by atoms with Crippen LogP contribution >= 0.6 is 0 Å².